The number of benzene rings is 3. The molecule has 3 amide bonds. The minimum absolute atomic E-state index is 0.0672. The third-order valence-corrected chi connectivity index (χ3v) is 6.88. The second-order valence-electron chi connectivity index (χ2n) is 8.23. The Morgan fingerprint density at radius 1 is 0.886 bits per heavy atom. The van der Waals surface area contributed by atoms with Gasteiger partial charge in [0.05, 0.1) is 11.1 Å². The number of imide groups is 1. The van der Waals surface area contributed by atoms with Gasteiger partial charge in [0.25, 0.3) is 17.7 Å². The molecular formula is C27H23BrN2O5. The van der Waals surface area contributed by atoms with Crippen molar-refractivity contribution in [1.82, 2.24) is 4.90 Å². The number of rotatable bonds is 7. The van der Waals surface area contributed by atoms with Crippen LogP contribution in [-0.2, 0) is 20.7 Å². The van der Waals surface area contributed by atoms with E-state index in [4.69, 9.17) is 4.74 Å². The lowest BCUT2D eigenvalue weighted by atomic mass is 10.0. The average Bonchev–Trinajstić information content (AvgIpc) is 3.12. The number of carbonyl (C=O) groups excluding carboxylic acids is 4. The molecule has 0 bridgehead atoms. The van der Waals surface area contributed by atoms with Crippen LogP contribution in [0.25, 0.3) is 0 Å². The summed E-state index contributed by atoms with van der Waals surface area (Å²) in [5, 5.41) is 2.74. The van der Waals surface area contributed by atoms with Crippen molar-refractivity contribution in [2.24, 2.45) is 0 Å². The first kappa shape index (κ1) is 24.3. The molecule has 1 N–H and O–H groups in total. The fourth-order valence-corrected chi connectivity index (χ4v) is 4.38. The van der Waals surface area contributed by atoms with Crippen molar-refractivity contribution in [3.8, 4) is 0 Å². The number of nitrogens with zero attached hydrogens (tertiary/aromatic N) is 1. The summed E-state index contributed by atoms with van der Waals surface area (Å²) >= 11 is 3.45. The van der Waals surface area contributed by atoms with Crippen molar-refractivity contribution in [2.75, 3.05) is 11.9 Å². The topological polar surface area (TPSA) is 92.8 Å². The Balaban J connectivity index is 1.51. The first-order valence-corrected chi connectivity index (χ1v) is 11.8. The van der Waals surface area contributed by atoms with Gasteiger partial charge in [-0.3, -0.25) is 19.3 Å². The van der Waals surface area contributed by atoms with Crippen molar-refractivity contribution in [3.63, 3.8) is 0 Å². The predicted molar refractivity (Wildman–Crippen MR) is 134 cm³/mol. The second-order valence-corrected chi connectivity index (χ2v) is 9.09. The highest BCUT2D eigenvalue weighted by atomic mass is 79.9. The van der Waals surface area contributed by atoms with E-state index in [2.05, 4.69) is 21.2 Å². The van der Waals surface area contributed by atoms with Gasteiger partial charge in [-0.25, -0.2) is 4.79 Å². The average molecular weight is 535 g/mol. The van der Waals surface area contributed by atoms with Crippen molar-refractivity contribution in [2.45, 2.75) is 26.3 Å². The molecule has 7 nitrogen and oxygen atoms in total. The van der Waals surface area contributed by atoms with Gasteiger partial charge in [0, 0.05) is 16.6 Å². The highest BCUT2D eigenvalue weighted by molar-refractivity contribution is 9.10. The number of halogens is 1. The Labute approximate surface area is 211 Å². The molecule has 1 heterocycles. The van der Waals surface area contributed by atoms with E-state index in [1.165, 1.54) is 0 Å². The molecule has 0 saturated carbocycles. The van der Waals surface area contributed by atoms with Gasteiger partial charge < -0.3 is 10.1 Å². The van der Waals surface area contributed by atoms with Gasteiger partial charge in [-0.15, -0.1) is 0 Å². The largest absolute Gasteiger partial charge is 0.454 e. The minimum Gasteiger partial charge on any atom is -0.454 e. The van der Waals surface area contributed by atoms with Crippen molar-refractivity contribution in [1.29, 1.82) is 0 Å². The van der Waals surface area contributed by atoms with E-state index in [0.717, 1.165) is 26.1 Å². The van der Waals surface area contributed by atoms with E-state index in [-0.39, 0.29) is 17.5 Å². The highest BCUT2D eigenvalue weighted by Crippen LogP contribution is 2.27. The fourth-order valence-electron chi connectivity index (χ4n) is 3.95. The number of amides is 3. The van der Waals surface area contributed by atoms with Crippen LogP contribution in [0.15, 0.2) is 71.2 Å². The summed E-state index contributed by atoms with van der Waals surface area (Å²) in [5.74, 6) is -2.48. The quantitative estimate of drug-likeness (QED) is 0.357. The molecule has 0 aromatic heterocycles. The van der Waals surface area contributed by atoms with Gasteiger partial charge in [-0.2, -0.15) is 0 Å². The van der Waals surface area contributed by atoms with Crippen molar-refractivity contribution in [3.05, 3.63) is 99.0 Å². The molecule has 178 valence electrons. The summed E-state index contributed by atoms with van der Waals surface area (Å²) in [6.07, 6.45) is 0.0672. The monoisotopic (exact) mass is 534 g/mol. The Morgan fingerprint density at radius 3 is 2.11 bits per heavy atom. The number of ether oxygens (including phenoxy) is 1. The van der Waals surface area contributed by atoms with Gasteiger partial charge in [-0.1, -0.05) is 58.4 Å². The number of hydrogen-bond acceptors (Lipinski definition) is 5. The van der Waals surface area contributed by atoms with E-state index < -0.39 is 36.3 Å². The van der Waals surface area contributed by atoms with Crippen LogP contribution in [0.5, 0.6) is 0 Å². The van der Waals surface area contributed by atoms with Gasteiger partial charge in [0.2, 0.25) is 0 Å². The first-order chi connectivity index (χ1) is 16.8. The molecule has 3 aromatic rings. The molecular weight excluding hydrogens is 512 g/mol. The van der Waals surface area contributed by atoms with Gasteiger partial charge in [0.15, 0.2) is 6.61 Å². The zero-order chi connectivity index (χ0) is 25.1. The summed E-state index contributed by atoms with van der Waals surface area (Å²) in [4.78, 5) is 52.7. The molecule has 35 heavy (non-hydrogen) atoms. The number of fused-ring (bicyclic) bond motifs is 1. The highest BCUT2D eigenvalue weighted by Gasteiger charge is 2.43. The van der Waals surface area contributed by atoms with Crippen molar-refractivity contribution < 1.29 is 23.9 Å². The first-order valence-electron chi connectivity index (χ1n) is 11.0. The molecule has 3 aromatic carbocycles. The number of hydrogen-bond donors (Lipinski definition) is 1. The van der Waals surface area contributed by atoms with Crippen LogP contribution < -0.4 is 5.32 Å². The van der Waals surface area contributed by atoms with Gasteiger partial charge >= 0.3 is 5.97 Å². The Morgan fingerprint density at radius 2 is 1.49 bits per heavy atom. The van der Waals surface area contributed by atoms with Crippen LogP contribution in [0, 0.1) is 13.8 Å². The van der Waals surface area contributed by atoms with Crippen LogP contribution in [0.1, 0.15) is 37.4 Å². The minimum atomic E-state index is -1.21. The fraction of sp³-hybridized carbons (Fsp3) is 0.185. The van der Waals surface area contributed by atoms with Gasteiger partial charge in [0.1, 0.15) is 6.04 Å². The van der Waals surface area contributed by atoms with Crippen LogP contribution in [0.2, 0.25) is 0 Å². The molecule has 4 rings (SSSR count). The molecule has 0 saturated heterocycles. The maximum atomic E-state index is 13.1. The summed E-state index contributed by atoms with van der Waals surface area (Å²) in [6.45, 7) is 3.24. The summed E-state index contributed by atoms with van der Waals surface area (Å²) in [6, 6.07) is 17.8. The molecule has 0 radical (unpaired) electrons. The molecule has 0 aliphatic carbocycles. The van der Waals surface area contributed by atoms with Crippen molar-refractivity contribution >= 4 is 45.3 Å². The number of esters is 1. The zero-order valence-corrected chi connectivity index (χ0v) is 20.8. The number of carbonyl (C=O) groups is 4. The lowest BCUT2D eigenvalue weighted by Crippen LogP contribution is -2.47. The standard InChI is InChI=1S/C27H23BrN2O5/c1-16-17(2)22(13-12-21(16)28)29-24(31)15-35-27(34)23(14-18-8-4-3-5-9-18)30-25(32)19-10-6-7-11-20(19)26(30)33/h3-13,23H,14-15H2,1-2H3,(H,29,31)/t23-/m0/s1. The van der Waals surface area contributed by atoms with Crippen LogP contribution in [0.4, 0.5) is 5.69 Å². The normalized spacial score (nSPS) is 13.4. The SMILES string of the molecule is Cc1c(Br)ccc(NC(=O)COC(=O)[C@H](Cc2ccccc2)N2C(=O)c3ccccc3C2=O)c1C. The Bertz CT molecular complexity index is 1290. The maximum Gasteiger partial charge on any atom is 0.330 e. The number of nitrogens with one attached hydrogen (secondary N) is 1. The third-order valence-electron chi connectivity index (χ3n) is 6.02. The van der Waals surface area contributed by atoms with E-state index in [9.17, 15) is 19.2 Å². The molecule has 0 spiro atoms. The molecule has 8 heteroatoms. The second kappa shape index (κ2) is 10.2. The Hall–Kier alpha value is -3.78. The lowest BCUT2D eigenvalue weighted by molar-refractivity contribution is -0.151. The van der Waals surface area contributed by atoms with Crippen LogP contribution in [0.3, 0.4) is 0 Å². The van der Waals surface area contributed by atoms with E-state index in [0.29, 0.717) is 5.69 Å². The van der Waals surface area contributed by atoms with Gasteiger partial charge in [-0.05, 0) is 54.8 Å². The molecule has 0 unspecified atom stereocenters. The zero-order valence-electron chi connectivity index (χ0n) is 19.2. The maximum absolute atomic E-state index is 13.1. The Kier molecular flexibility index (Phi) is 7.12. The summed E-state index contributed by atoms with van der Waals surface area (Å²) in [7, 11) is 0. The summed E-state index contributed by atoms with van der Waals surface area (Å²) in [5.41, 5.74) is 3.69. The molecule has 0 fully saturated rings. The molecule has 1 aliphatic heterocycles. The number of anilines is 1. The molecule has 1 aliphatic rings. The summed E-state index contributed by atoms with van der Waals surface area (Å²) < 4.78 is 6.23. The lowest BCUT2D eigenvalue weighted by Gasteiger charge is -2.24. The van der Waals surface area contributed by atoms with E-state index in [1.807, 2.05) is 26.0 Å². The van der Waals surface area contributed by atoms with Crippen LogP contribution in [-0.4, -0.2) is 41.2 Å². The van der Waals surface area contributed by atoms with Crippen LogP contribution >= 0.6 is 15.9 Å². The third kappa shape index (κ3) is 5.02. The predicted octanol–water partition coefficient (Wildman–Crippen LogP) is 4.46. The molecule has 1 atom stereocenters. The van der Waals surface area contributed by atoms with E-state index in [1.54, 1.807) is 54.6 Å². The van der Waals surface area contributed by atoms with E-state index >= 15 is 0 Å². The smallest absolute Gasteiger partial charge is 0.330 e.